The van der Waals surface area contributed by atoms with Gasteiger partial charge in [0.1, 0.15) is 29.5 Å². The first-order chi connectivity index (χ1) is 14.8. The van der Waals surface area contributed by atoms with Crippen LogP contribution >= 0.6 is 0 Å². The highest BCUT2D eigenvalue weighted by atomic mass is 32.2. The van der Waals surface area contributed by atoms with Crippen LogP contribution in [0.4, 0.5) is 0 Å². The van der Waals surface area contributed by atoms with Crippen molar-refractivity contribution in [2.75, 3.05) is 6.54 Å². The first-order valence-corrected chi connectivity index (χ1v) is 11.2. The number of carbonyl (C=O) groups is 1. The number of sulfonamides is 1. The van der Waals surface area contributed by atoms with E-state index in [-0.39, 0.29) is 22.8 Å². The lowest BCUT2D eigenvalue weighted by atomic mass is 10.1. The lowest BCUT2D eigenvalue weighted by Crippen LogP contribution is -2.49. The second-order valence-corrected chi connectivity index (χ2v) is 9.10. The highest BCUT2D eigenvalue weighted by Crippen LogP contribution is 2.27. The van der Waals surface area contributed by atoms with E-state index in [0.29, 0.717) is 18.4 Å². The predicted molar refractivity (Wildman–Crippen MR) is 114 cm³/mol. The molecule has 0 bridgehead atoms. The Morgan fingerprint density at radius 3 is 2.32 bits per heavy atom. The van der Waals surface area contributed by atoms with E-state index in [4.69, 9.17) is 15.3 Å². The maximum atomic E-state index is 13.1. The van der Waals surface area contributed by atoms with Gasteiger partial charge in [-0.15, -0.1) is 0 Å². The molecule has 0 aromatic heterocycles. The molecular formula is C23H21N3O4S. The number of piperidine rings is 1. The zero-order chi connectivity index (χ0) is 22.4. The Bertz CT molecular complexity index is 1160. The van der Waals surface area contributed by atoms with E-state index in [1.54, 1.807) is 48.5 Å². The van der Waals surface area contributed by atoms with Gasteiger partial charge in [-0.2, -0.15) is 14.8 Å². The Hall–Kier alpha value is -3.46. The number of ether oxygens (including phenoxy) is 1. The standard InChI is InChI=1S/C23H21N3O4S/c1-17-5-11-21(12-6-17)31(28,29)26-13-3-2-4-22(26)23(27)30-20-9-7-18(8-10-20)14-19(15-24)16-25/h5-12,14,22H,2-4,13H2,1H3. The molecule has 0 amide bonds. The molecule has 1 aliphatic heterocycles. The van der Waals surface area contributed by atoms with Crippen molar-refractivity contribution >= 4 is 22.1 Å². The number of nitriles is 2. The third kappa shape index (κ3) is 5.18. The van der Waals surface area contributed by atoms with E-state index in [9.17, 15) is 13.2 Å². The fourth-order valence-corrected chi connectivity index (χ4v) is 4.99. The van der Waals surface area contributed by atoms with Crippen molar-refractivity contribution in [2.24, 2.45) is 0 Å². The average Bonchev–Trinajstić information content (AvgIpc) is 2.79. The first-order valence-electron chi connectivity index (χ1n) is 9.77. The van der Waals surface area contributed by atoms with E-state index in [1.807, 2.05) is 6.92 Å². The summed E-state index contributed by atoms with van der Waals surface area (Å²) in [5.74, 6) is -0.371. The van der Waals surface area contributed by atoms with Gasteiger partial charge in [0.05, 0.1) is 4.90 Å². The van der Waals surface area contributed by atoms with Crippen molar-refractivity contribution in [1.29, 1.82) is 10.5 Å². The quantitative estimate of drug-likeness (QED) is 0.403. The summed E-state index contributed by atoms with van der Waals surface area (Å²) < 4.78 is 32.9. The van der Waals surface area contributed by atoms with E-state index < -0.39 is 22.0 Å². The Morgan fingerprint density at radius 1 is 1.06 bits per heavy atom. The molecule has 0 radical (unpaired) electrons. The minimum atomic E-state index is -3.83. The van der Waals surface area contributed by atoms with E-state index >= 15 is 0 Å². The molecule has 8 heteroatoms. The third-order valence-corrected chi connectivity index (χ3v) is 6.93. The number of benzene rings is 2. The van der Waals surface area contributed by atoms with Crippen LogP contribution in [0, 0.1) is 29.6 Å². The molecule has 7 nitrogen and oxygen atoms in total. The third-order valence-electron chi connectivity index (χ3n) is 5.00. The highest BCUT2D eigenvalue weighted by molar-refractivity contribution is 7.89. The van der Waals surface area contributed by atoms with Crippen LogP contribution in [0.2, 0.25) is 0 Å². The van der Waals surface area contributed by atoms with Crippen molar-refractivity contribution in [3.8, 4) is 17.9 Å². The maximum Gasteiger partial charge on any atom is 0.329 e. The second-order valence-electron chi connectivity index (χ2n) is 7.21. The molecule has 0 N–H and O–H groups in total. The summed E-state index contributed by atoms with van der Waals surface area (Å²) in [6.45, 7) is 2.13. The van der Waals surface area contributed by atoms with Gasteiger partial charge in [-0.3, -0.25) is 0 Å². The van der Waals surface area contributed by atoms with Crippen molar-refractivity contribution in [1.82, 2.24) is 4.31 Å². The number of allylic oxidation sites excluding steroid dienone is 1. The van der Waals surface area contributed by atoms with E-state index in [2.05, 4.69) is 0 Å². The second kappa shape index (κ2) is 9.57. The molecule has 3 rings (SSSR count). The van der Waals surface area contributed by atoms with Gasteiger partial charge in [0, 0.05) is 6.54 Å². The Labute approximate surface area is 181 Å². The molecule has 2 aromatic carbocycles. The molecule has 1 fully saturated rings. The van der Waals surface area contributed by atoms with Crippen LogP contribution in [0.15, 0.2) is 59.0 Å². The minimum absolute atomic E-state index is 0.0381. The topological polar surface area (TPSA) is 111 Å². The summed E-state index contributed by atoms with van der Waals surface area (Å²) in [4.78, 5) is 13.0. The summed E-state index contributed by atoms with van der Waals surface area (Å²) in [5.41, 5.74) is 1.52. The molecule has 1 heterocycles. The molecule has 158 valence electrons. The lowest BCUT2D eigenvalue weighted by Gasteiger charge is -2.33. The number of carbonyl (C=O) groups excluding carboxylic acids is 1. The Balaban J connectivity index is 1.78. The molecule has 0 saturated carbocycles. The van der Waals surface area contributed by atoms with Gasteiger partial charge in [0.2, 0.25) is 10.0 Å². The summed E-state index contributed by atoms with van der Waals surface area (Å²) in [6, 6.07) is 15.5. The van der Waals surface area contributed by atoms with Crippen LogP contribution in [0.25, 0.3) is 6.08 Å². The highest BCUT2D eigenvalue weighted by Gasteiger charge is 2.38. The van der Waals surface area contributed by atoms with Crippen LogP contribution in [0.1, 0.15) is 30.4 Å². The predicted octanol–water partition coefficient (Wildman–Crippen LogP) is 3.57. The summed E-state index contributed by atoms with van der Waals surface area (Å²) in [7, 11) is -3.83. The number of hydrogen-bond acceptors (Lipinski definition) is 6. The van der Waals surface area contributed by atoms with Crippen LogP contribution < -0.4 is 4.74 Å². The van der Waals surface area contributed by atoms with Crippen LogP contribution in [-0.2, 0) is 14.8 Å². The normalized spacial score (nSPS) is 16.5. The van der Waals surface area contributed by atoms with Crippen molar-refractivity contribution < 1.29 is 17.9 Å². The van der Waals surface area contributed by atoms with E-state index in [1.165, 1.54) is 22.5 Å². The fourth-order valence-electron chi connectivity index (χ4n) is 3.35. The zero-order valence-corrected chi connectivity index (χ0v) is 17.8. The number of nitrogens with zero attached hydrogens (tertiary/aromatic N) is 3. The fraction of sp³-hybridized carbons (Fsp3) is 0.261. The Kier molecular flexibility index (Phi) is 6.86. The summed E-state index contributed by atoms with van der Waals surface area (Å²) in [6.07, 6.45) is 3.21. The number of aryl methyl sites for hydroxylation is 1. The molecule has 1 atom stereocenters. The summed E-state index contributed by atoms with van der Waals surface area (Å²) >= 11 is 0. The molecular weight excluding hydrogens is 414 g/mol. The van der Waals surface area contributed by atoms with Gasteiger partial charge in [0.15, 0.2) is 0 Å². The van der Waals surface area contributed by atoms with E-state index in [0.717, 1.165) is 12.0 Å². The zero-order valence-electron chi connectivity index (χ0n) is 17.0. The summed E-state index contributed by atoms with van der Waals surface area (Å²) in [5, 5.41) is 17.7. The van der Waals surface area contributed by atoms with Gasteiger partial charge >= 0.3 is 5.97 Å². The Morgan fingerprint density at radius 2 is 1.71 bits per heavy atom. The lowest BCUT2D eigenvalue weighted by molar-refractivity contribution is -0.139. The average molecular weight is 436 g/mol. The van der Waals surface area contributed by atoms with Gasteiger partial charge in [-0.05, 0) is 62.1 Å². The van der Waals surface area contributed by atoms with Gasteiger partial charge in [-0.25, -0.2) is 13.2 Å². The molecule has 31 heavy (non-hydrogen) atoms. The SMILES string of the molecule is Cc1ccc(S(=O)(=O)N2CCCCC2C(=O)Oc2ccc(C=C(C#N)C#N)cc2)cc1. The maximum absolute atomic E-state index is 13.1. The van der Waals surface area contributed by atoms with Crippen molar-refractivity contribution in [2.45, 2.75) is 37.1 Å². The van der Waals surface area contributed by atoms with Crippen LogP contribution in [0.5, 0.6) is 5.75 Å². The molecule has 1 unspecified atom stereocenters. The molecule has 0 aliphatic carbocycles. The minimum Gasteiger partial charge on any atom is -0.425 e. The van der Waals surface area contributed by atoms with Crippen molar-refractivity contribution in [3.63, 3.8) is 0 Å². The van der Waals surface area contributed by atoms with Gasteiger partial charge in [0.25, 0.3) is 0 Å². The van der Waals surface area contributed by atoms with Gasteiger partial charge < -0.3 is 4.74 Å². The molecule has 2 aromatic rings. The number of esters is 1. The number of rotatable bonds is 5. The molecule has 1 saturated heterocycles. The van der Waals surface area contributed by atoms with Crippen LogP contribution in [-0.4, -0.2) is 31.3 Å². The van der Waals surface area contributed by atoms with Gasteiger partial charge in [-0.1, -0.05) is 29.8 Å². The molecule has 0 spiro atoms. The number of hydrogen-bond donors (Lipinski definition) is 0. The first kappa shape index (κ1) is 22.2. The largest absolute Gasteiger partial charge is 0.425 e. The smallest absolute Gasteiger partial charge is 0.329 e. The van der Waals surface area contributed by atoms with Crippen LogP contribution in [0.3, 0.4) is 0 Å². The van der Waals surface area contributed by atoms with Crippen molar-refractivity contribution in [3.05, 3.63) is 65.2 Å². The molecule has 1 aliphatic rings. The monoisotopic (exact) mass is 435 g/mol.